The summed E-state index contributed by atoms with van der Waals surface area (Å²) in [5.74, 6) is -0.511. The zero-order chi connectivity index (χ0) is 20.3. The normalized spacial score (nSPS) is 15.4. The molecule has 0 aromatic heterocycles. The van der Waals surface area contributed by atoms with Crippen LogP contribution < -0.4 is 11.1 Å². The Morgan fingerprint density at radius 1 is 1.18 bits per heavy atom. The monoisotopic (exact) mass is 393 g/mol. The quantitative estimate of drug-likeness (QED) is 0.778. The van der Waals surface area contributed by atoms with E-state index < -0.39 is 17.6 Å². The molecule has 1 amide bonds. The molecule has 1 aliphatic rings. The van der Waals surface area contributed by atoms with E-state index in [1.54, 1.807) is 18.2 Å². The van der Waals surface area contributed by atoms with Gasteiger partial charge in [0.1, 0.15) is 0 Å². The van der Waals surface area contributed by atoms with Crippen molar-refractivity contribution in [2.75, 3.05) is 37.4 Å². The van der Waals surface area contributed by atoms with Gasteiger partial charge in [-0.05, 0) is 48.4 Å². The second-order valence-electron chi connectivity index (χ2n) is 6.83. The van der Waals surface area contributed by atoms with Gasteiger partial charge < -0.3 is 15.8 Å². The number of nitrogens with two attached hydrogens (primary N) is 1. The Kier molecular flexibility index (Phi) is 5.90. The molecule has 0 radical (unpaired) electrons. The summed E-state index contributed by atoms with van der Waals surface area (Å²) < 4.78 is 45.2. The highest BCUT2D eigenvalue weighted by Crippen LogP contribution is 2.32. The third-order valence-electron chi connectivity index (χ3n) is 4.63. The Hall–Kier alpha value is -2.58. The Balaban J connectivity index is 1.84. The van der Waals surface area contributed by atoms with E-state index in [-0.39, 0.29) is 11.3 Å². The standard InChI is InChI=1S/C20H22F3N3O2/c1-13-2-3-15(10-18(13)24)19(27)25-17-9-14(8-16(11-17)20(21,22)23)12-26-4-6-28-7-5-26/h2-3,8-11H,4-7,12,24H2,1H3,(H,25,27). The first-order valence-corrected chi connectivity index (χ1v) is 8.91. The summed E-state index contributed by atoms with van der Waals surface area (Å²) in [5.41, 5.74) is 7.16. The van der Waals surface area contributed by atoms with Crippen molar-refractivity contribution in [2.45, 2.75) is 19.6 Å². The summed E-state index contributed by atoms with van der Waals surface area (Å²) in [6.45, 7) is 4.57. The van der Waals surface area contributed by atoms with Crippen LogP contribution in [-0.4, -0.2) is 37.1 Å². The molecule has 0 bridgehead atoms. The lowest BCUT2D eigenvalue weighted by molar-refractivity contribution is -0.137. The van der Waals surface area contributed by atoms with Crippen LogP contribution in [-0.2, 0) is 17.5 Å². The number of nitrogen functional groups attached to an aromatic ring is 1. The van der Waals surface area contributed by atoms with Crippen molar-refractivity contribution in [1.82, 2.24) is 4.90 Å². The zero-order valence-electron chi connectivity index (χ0n) is 15.5. The first-order valence-electron chi connectivity index (χ1n) is 8.91. The van der Waals surface area contributed by atoms with Gasteiger partial charge in [-0.25, -0.2) is 0 Å². The Morgan fingerprint density at radius 2 is 1.89 bits per heavy atom. The van der Waals surface area contributed by atoms with Crippen LogP contribution in [0.3, 0.4) is 0 Å². The van der Waals surface area contributed by atoms with Crippen LogP contribution in [0.4, 0.5) is 24.5 Å². The van der Waals surface area contributed by atoms with Gasteiger partial charge in [-0.1, -0.05) is 6.07 Å². The molecule has 28 heavy (non-hydrogen) atoms. The summed E-state index contributed by atoms with van der Waals surface area (Å²) in [6, 6.07) is 8.42. The van der Waals surface area contributed by atoms with E-state index in [2.05, 4.69) is 5.32 Å². The second kappa shape index (κ2) is 8.20. The molecule has 2 aromatic carbocycles. The van der Waals surface area contributed by atoms with E-state index in [0.29, 0.717) is 44.1 Å². The SMILES string of the molecule is Cc1ccc(C(=O)Nc2cc(CN3CCOCC3)cc(C(F)(F)F)c2)cc1N. The van der Waals surface area contributed by atoms with Gasteiger partial charge in [0.15, 0.2) is 0 Å². The number of hydrogen-bond acceptors (Lipinski definition) is 4. The number of carbonyl (C=O) groups excluding carboxylic acids is 1. The fourth-order valence-electron chi connectivity index (χ4n) is 3.02. The third-order valence-corrected chi connectivity index (χ3v) is 4.63. The number of amides is 1. The lowest BCUT2D eigenvalue weighted by Crippen LogP contribution is -2.35. The average molecular weight is 393 g/mol. The maximum atomic E-state index is 13.3. The number of ether oxygens (including phenoxy) is 1. The van der Waals surface area contributed by atoms with Gasteiger partial charge in [-0.2, -0.15) is 13.2 Å². The van der Waals surface area contributed by atoms with Crippen LogP contribution in [0.1, 0.15) is 27.0 Å². The van der Waals surface area contributed by atoms with Crippen molar-refractivity contribution in [2.24, 2.45) is 0 Å². The van der Waals surface area contributed by atoms with Crippen molar-refractivity contribution >= 4 is 17.3 Å². The highest BCUT2D eigenvalue weighted by atomic mass is 19.4. The second-order valence-corrected chi connectivity index (χ2v) is 6.83. The third kappa shape index (κ3) is 5.02. The van der Waals surface area contributed by atoms with Gasteiger partial charge in [-0.3, -0.25) is 9.69 Å². The molecular weight excluding hydrogens is 371 g/mol. The minimum Gasteiger partial charge on any atom is -0.398 e. The Labute approximate surface area is 161 Å². The van der Waals surface area contributed by atoms with Crippen molar-refractivity contribution < 1.29 is 22.7 Å². The molecule has 1 heterocycles. The zero-order valence-corrected chi connectivity index (χ0v) is 15.5. The summed E-state index contributed by atoms with van der Waals surface area (Å²) in [6.07, 6.45) is -4.51. The van der Waals surface area contributed by atoms with E-state index in [1.165, 1.54) is 6.07 Å². The topological polar surface area (TPSA) is 67.6 Å². The number of nitrogens with one attached hydrogen (secondary N) is 1. The molecule has 0 unspecified atom stereocenters. The number of halogens is 3. The number of morpholine rings is 1. The molecular formula is C20H22F3N3O2. The van der Waals surface area contributed by atoms with E-state index in [1.807, 2.05) is 11.8 Å². The fourth-order valence-corrected chi connectivity index (χ4v) is 3.02. The number of aryl methyl sites for hydroxylation is 1. The highest BCUT2D eigenvalue weighted by Gasteiger charge is 2.31. The van der Waals surface area contributed by atoms with Crippen molar-refractivity contribution in [3.05, 3.63) is 58.7 Å². The lowest BCUT2D eigenvalue weighted by atomic mass is 10.1. The molecule has 3 N–H and O–H groups in total. The maximum Gasteiger partial charge on any atom is 0.416 e. The lowest BCUT2D eigenvalue weighted by Gasteiger charge is -2.27. The molecule has 1 saturated heterocycles. The van der Waals surface area contributed by atoms with Gasteiger partial charge in [0.2, 0.25) is 0 Å². The number of alkyl halides is 3. The van der Waals surface area contributed by atoms with Crippen molar-refractivity contribution in [3.63, 3.8) is 0 Å². The largest absolute Gasteiger partial charge is 0.416 e. The van der Waals surface area contributed by atoms with Crippen LogP contribution in [0.25, 0.3) is 0 Å². The predicted molar refractivity (Wildman–Crippen MR) is 101 cm³/mol. The number of nitrogens with zero attached hydrogens (tertiary/aromatic N) is 1. The first kappa shape index (κ1) is 20.2. The number of hydrogen-bond donors (Lipinski definition) is 2. The molecule has 1 fully saturated rings. The first-order chi connectivity index (χ1) is 13.2. The minimum atomic E-state index is -4.51. The molecule has 0 saturated carbocycles. The summed E-state index contributed by atoms with van der Waals surface area (Å²) in [4.78, 5) is 14.5. The van der Waals surface area contributed by atoms with Gasteiger partial charge in [0, 0.05) is 36.6 Å². The van der Waals surface area contributed by atoms with Gasteiger partial charge in [0.25, 0.3) is 5.91 Å². The molecule has 0 atom stereocenters. The van der Waals surface area contributed by atoms with Gasteiger partial charge >= 0.3 is 6.18 Å². The number of rotatable bonds is 4. The van der Waals surface area contributed by atoms with E-state index in [4.69, 9.17) is 10.5 Å². The average Bonchev–Trinajstić information content (AvgIpc) is 2.64. The van der Waals surface area contributed by atoms with E-state index in [9.17, 15) is 18.0 Å². The highest BCUT2D eigenvalue weighted by molar-refractivity contribution is 6.05. The van der Waals surface area contributed by atoms with Crippen molar-refractivity contribution in [1.29, 1.82) is 0 Å². The molecule has 3 rings (SSSR count). The van der Waals surface area contributed by atoms with E-state index in [0.717, 1.165) is 17.7 Å². The van der Waals surface area contributed by atoms with Crippen molar-refractivity contribution in [3.8, 4) is 0 Å². The summed E-state index contributed by atoms with van der Waals surface area (Å²) in [7, 11) is 0. The van der Waals surface area contributed by atoms with Crippen LogP contribution >= 0.6 is 0 Å². The Morgan fingerprint density at radius 3 is 2.54 bits per heavy atom. The fraction of sp³-hybridized carbons (Fsp3) is 0.350. The molecule has 0 spiro atoms. The number of benzene rings is 2. The molecule has 0 aliphatic carbocycles. The molecule has 5 nitrogen and oxygen atoms in total. The van der Waals surface area contributed by atoms with Crippen LogP contribution in [0.15, 0.2) is 36.4 Å². The maximum absolute atomic E-state index is 13.3. The van der Waals surface area contributed by atoms with Crippen LogP contribution in [0.5, 0.6) is 0 Å². The molecule has 150 valence electrons. The number of carbonyl (C=O) groups is 1. The van der Waals surface area contributed by atoms with Gasteiger partial charge in [-0.15, -0.1) is 0 Å². The minimum absolute atomic E-state index is 0.0993. The molecule has 1 aliphatic heterocycles. The van der Waals surface area contributed by atoms with Crippen LogP contribution in [0.2, 0.25) is 0 Å². The summed E-state index contributed by atoms with van der Waals surface area (Å²) in [5, 5.41) is 2.56. The smallest absolute Gasteiger partial charge is 0.398 e. The van der Waals surface area contributed by atoms with E-state index >= 15 is 0 Å². The number of anilines is 2. The molecule has 8 heteroatoms. The molecule has 2 aromatic rings. The van der Waals surface area contributed by atoms with Crippen LogP contribution in [0, 0.1) is 6.92 Å². The summed E-state index contributed by atoms with van der Waals surface area (Å²) >= 11 is 0. The Bertz CT molecular complexity index is 862. The predicted octanol–water partition coefficient (Wildman–Crippen LogP) is 3.68. The van der Waals surface area contributed by atoms with Gasteiger partial charge in [0.05, 0.1) is 18.8 Å².